The van der Waals surface area contributed by atoms with Crippen molar-refractivity contribution in [1.29, 1.82) is 0 Å². The average molecular weight is 373 g/mol. The molecule has 28 heavy (non-hydrogen) atoms. The van der Waals surface area contributed by atoms with Gasteiger partial charge in [0.2, 0.25) is 5.89 Å². The van der Waals surface area contributed by atoms with Crippen LogP contribution in [0.5, 0.6) is 0 Å². The molecule has 1 atom stereocenters. The summed E-state index contributed by atoms with van der Waals surface area (Å²) in [5.41, 5.74) is 2.94. The summed E-state index contributed by atoms with van der Waals surface area (Å²) < 4.78 is 22.3. The van der Waals surface area contributed by atoms with E-state index < -0.39 is 0 Å². The normalized spacial score (nSPS) is 16.8. The number of aromatic nitrogens is 2. The molecule has 1 aliphatic rings. The summed E-state index contributed by atoms with van der Waals surface area (Å²) in [4.78, 5) is 6.78. The molecule has 1 aliphatic heterocycles. The van der Waals surface area contributed by atoms with Crippen molar-refractivity contribution >= 4 is 0 Å². The van der Waals surface area contributed by atoms with Gasteiger partial charge in [-0.05, 0) is 29.8 Å². The lowest BCUT2D eigenvalue weighted by Crippen LogP contribution is -2.38. The highest BCUT2D eigenvalue weighted by Crippen LogP contribution is 2.34. The van der Waals surface area contributed by atoms with E-state index in [0.29, 0.717) is 23.8 Å². The second-order valence-corrected chi connectivity index (χ2v) is 7.01. The Morgan fingerprint density at radius 1 is 0.964 bits per heavy atom. The van der Waals surface area contributed by atoms with Gasteiger partial charge in [-0.1, -0.05) is 42.5 Å². The Labute approximate surface area is 162 Å². The van der Waals surface area contributed by atoms with Gasteiger partial charge in [-0.15, -0.1) is 0 Å². The Kier molecular flexibility index (Phi) is 4.29. The van der Waals surface area contributed by atoms with Gasteiger partial charge in [0.25, 0.3) is 0 Å². The highest BCUT2D eigenvalue weighted by molar-refractivity contribution is 5.56. The third kappa shape index (κ3) is 3.04. The lowest BCUT2D eigenvalue weighted by Gasteiger charge is -2.36. The number of hydrogen-bond donors (Lipinski definition) is 0. The van der Waals surface area contributed by atoms with Crippen molar-refractivity contribution < 1.29 is 8.81 Å². The second kappa shape index (κ2) is 7.09. The molecule has 0 saturated carbocycles. The molecule has 5 heteroatoms. The fourth-order valence-electron chi connectivity index (χ4n) is 3.96. The topological polar surface area (TPSA) is 34.2 Å². The minimum Gasteiger partial charge on any atom is -0.439 e. The average Bonchev–Trinajstić information content (AvgIpc) is 3.38. The van der Waals surface area contributed by atoms with Crippen molar-refractivity contribution in [2.75, 3.05) is 6.54 Å². The van der Waals surface area contributed by atoms with Crippen LogP contribution in [0.25, 0.3) is 11.3 Å². The predicted molar refractivity (Wildman–Crippen MR) is 105 cm³/mol. The first kappa shape index (κ1) is 17.0. The van der Waals surface area contributed by atoms with Gasteiger partial charge in [0.1, 0.15) is 5.82 Å². The molecule has 1 unspecified atom stereocenters. The Balaban J connectivity index is 1.45. The van der Waals surface area contributed by atoms with E-state index in [1.807, 2.05) is 6.07 Å². The van der Waals surface area contributed by atoms with E-state index >= 15 is 0 Å². The van der Waals surface area contributed by atoms with Gasteiger partial charge in [-0.3, -0.25) is 4.90 Å². The van der Waals surface area contributed by atoms with Gasteiger partial charge < -0.3 is 8.98 Å². The summed E-state index contributed by atoms with van der Waals surface area (Å²) >= 11 is 0. The van der Waals surface area contributed by atoms with Gasteiger partial charge in [-0.25, -0.2) is 9.37 Å². The summed E-state index contributed by atoms with van der Waals surface area (Å²) in [7, 11) is 0. The molecule has 0 radical (unpaired) electrons. The van der Waals surface area contributed by atoms with Crippen LogP contribution in [0.2, 0.25) is 0 Å². The van der Waals surface area contributed by atoms with Gasteiger partial charge in [-0.2, -0.15) is 0 Å². The van der Waals surface area contributed by atoms with Crippen LogP contribution in [-0.2, 0) is 13.1 Å². The van der Waals surface area contributed by atoms with Crippen LogP contribution in [0.4, 0.5) is 4.39 Å². The number of fused-ring (bicyclic) bond motifs is 1. The van der Waals surface area contributed by atoms with Crippen LogP contribution < -0.4 is 0 Å². The molecule has 4 nitrogen and oxygen atoms in total. The monoisotopic (exact) mass is 373 g/mol. The van der Waals surface area contributed by atoms with Gasteiger partial charge >= 0.3 is 0 Å². The Hall–Kier alpha value is -3.18. The minimum absolute atomic E-state index is 0.133. The molecule has 0 saturated heterocycles. The Morgan fingerprint density at radius 3 is 2.64 bits per heavy atom. The van der Waals surface area contributed by atoms with E-state index in [-0.39, 0.29) is 11.9 Å². The number of rotatable bonds is 4. The second-order valence-electron chi connectivity index (χ2n) is 7.01. The van der Waals surface area contributed by atoms with Crippen molar-refractivity contribution in [3.8, 4) is 11.3 Å². The van der Waals surface area contributed by atoms with E-state index in [1.165, 1.54) is 17.3 Å². The number of oxazole rings is 1. The van der Waals surface area contributed by atoms with Crippen LogP contribution in [0, 0.1) is 5.82 Å². The van der Waals surface area contributed by atoms with Crippen molar-refractivity contribution in [3.05, 3.63) is 102 Å². The number of halogens is 1. The molecule has 0 N–H and O–H groups in total. The first-order chi connectivity index (χ1) is 13.8. The lowest BCUT2D eigenvalue weighted by molar-refractivity contribution is 0.159. The molecule has 0 fully saturated rings. The molecule has 0 bridgehead atoms. The van der Waals surface area contributed by atoms with E-state index in [9.17, 15) is 4.39 Å². The zero-order valence-electron chi connectivity index (χ0n) is 15.3. The minimum atomic E-state index is -0.303. The third-order valence-corrected chi connectivity index (χ3v) is 5.28. The summed E-state index contributed by atoms with van der Waals surface area (Å²) in [6, 6.07) is 21.5. The maximum absolute atomic E-state index is 14.1. The van der Waals surface area contributed by atoms with Crippen molar-refractivity contribution in [2.45, 2.75) is 19.1 Å². The summed E-state index contributed by atoms with van der Waals surface area (Å²) in [6.07, 6.45) is 3.74. The fraction of sp³-hybridized carbons (Fsp3) is 0.174. The zero-order chi connectivity index (χ0) is 18.9. The van der Waals surface area contributed by atoms with Gasteiger partial charge in [0.05, 0.1) is 24.3 Å². The molecule has 0 amide bonds. The van der Waals surface area contributed by atoms with E-state index in [2.05, 4.69) is 57.0 Å². The SMILES string of the molecule is Fc1ccccc1-c1cnc(CN2CCn3cccc3C2c2ccccc2)o1. The highest BCUT2D eigenvalue weighted by Gasteiger charge is 2.29. The molecular weight excluding hydrogens is 353 g/mol. The van der Waals surface area contributed by atoms with Crippen molar-refractivity contribution in [1.82, 2.24) is 14.5 Å². The maximum Gasteiger partial charge on any atom is 0.209 e. The Bertz CT molecular complexity index is 1090. The third-order valence-electron chi connectivity index (χ3n) is 5.28. The maximum atomic E-state index is 14.1. The van der Waals surface area contributed by atoms with E-state index in [1.54, 1.807) is 24.4 Å². The molecule has 5 rings (SSSR count). The van der Waals surface area contributed by atoms with Crippen LogP contribution >= 0.6 is 0 Å². The standard InChI is InChI=1S/C23H20FN3O/c24-19-10-5-4-9-18(19)21-15-25-22(28-21)16-27-14-13-26-12-6-11-20(26)23(27)17-7-2-1-3-8-17/h1-12,15,23H,13-14,16H2. The van der Waals surface area contributed by atoms with Crippen molar-refractivity contribution in [2.24, 2.45) is 0 Å². The van der Waals surface area contributed by atoms with Gasteiger partial charge in [0.15, 0.2) is 5.76 Å². The molecule has 0 spiro atoms. The molecular formula is C23H20FN3O. The van der Waals surface area contributed by atoms with Crippen LogP contribution in [-0.4, -0.2) is 21.0 Å². The Morgan fingerprint density at radius 2 is 1.79 bits per heavy atom. The molecule has 2 aromatic heterocycles. The molecule has 0 aliphatic carbocycles. The summed E-state index contributed by atoms with van der Waals surface area (Å²) in [5.74, 6) is 0.757. The molecule has 2 aromatic carbocycles. The predicted octanol–water partition coefficient (Wildman–Crippen LogP) is 4.89. The zero-order valence-corrected chi connectivity index (χ0v) is 15.3. The van der Waals surface area contributed by atoms with E-state index in [4.69, 9.17) is 4.42 Å². The summed E-state index contributed by atoms with van der Waals surface area (Å²) in [5, 5.41) is 0. The smallest absolute Gasteiger partial charge is 0.209 e. The molecule has 3 heterocycles. The largest absolute Gasteiger partial charge is 0.439 e. The molecule has 4 aromatic rings. The van der Waals surface area contributed by atoms with Crippen molar-refractivity contribution in [3.63, 3.8) is 0 Å². The quantitative estimate of drug-likeness (QED) is 0.511. The van der Waals surface area contributed by atoms with Crippen LogP contribution in [0.1, 0.15) is 23.2 Å². The number of benzene rings is 2. The first-order valence-electron chi connectivity index (χ1n) is 9.43. The van der Waals surface area contributed by atoms with E-state index in [0.717, 1.165) is 13.1 Å². The number of nitrogens with zero attached hydrogens (tertiary/aromatic N) is 3. The highest BCUT2D eigenvalue weighted by atomic mass is 19.1. The number of hydrogen-bond acceptors (Lipinski definition) is 3. The molecule has 140 valence electrons. The van der Waals surface area contributed by atoms with Crippen LogP contribution in [0.3, 0.4) is 0 Å². The van der Waals surface area contributed by atoms with Crippen LogP contribution in [0.15, 0.2) is 83.5 Å². The summed E-state index contributed by atoms with van der Waals surface area (Å²) in [6.45, 7) is 2.38. The first-order valence-corrected chi connectivity index (χ1v) is 9.43. The lowest BCUT2D eigenvalue weighted by atomic mass is 10.00. The fourth-order valence-corrected chi connectivity index (χ4v) is 3.96. The van der Waals surface area contributed by atoms with Gasteiger partial charge in [0, 0.05) is 25.0 Å².